The Morgan fingerprint density at radius 1 is 0.850 bits per heavy atom. The molecule has 0 unspecified atom stereocenters. The van der Waals surface area contributed by atoms with E-state index >= 15 is 0 Å². The number of fused-ring (bicyclic) bond motifs is 1. The number of ether oxygens (including phenoxy) is 1. The summed E-state index contributed by atoms with van der Waals surface area (Å²) >= 11 is 0. The molecular formula is C30H38N4O5S. The summed E-state index contributed by atoms with van der Waals surface area (Å²) in [6, 6.07) is 13.2. The number of piperazine rings is 1. The number of nitrogens with zero attached hydrogens (tertiary/aromatic N) is 4. The van der Waals surface area contributed by atoms with Crippen LogP contribution < -0.4 is 14.5 Å². The number of sulfonamides is 1. The van der Waals surface area contributed by atoms with E-state index in [0.29, 0.717) is 45.4 Å². The monoisotopic (exact) mass is 566 g/mol. The second kappa shape index (κ2) is 10.7. The molecule has 3 fully saturated rings. The van der Waals surface area contributed by atoms with Gasteiger partial charge in [-0.25, -0.2) is 8.42 Å². The number of rotatable bonds is 6. The van der Waals surface area contributed by atoms with Crippen LogP contribution in [0.25, 0.3) is 0 Å². The van der Waals surface area contributed by atoms with Crippen molar-refractivity contribution in [3.05, 3.63) is 48.0 Å². The molecule has 0 aromatic heterocycles. The Labute approximate surface area is 236 Å². The van der Waals surface area contributed by atoms with Crippen molar-refractivity contribution < 1.29 is 22.7 Å². The standard InChI is InChI=1S/C30H38N4O5S/c1-21-18-24-19-27(8-9-28(24)34(21)30(36)22-6-7-22)40(37,38)33-12-10-23(11-13-33)29(35)32-16-14-31(15-17-32)25-4-3-5-26(20-25)39-2/h3-5,8-9,19-23H,6-7,10-18H2,1-2H3/t21-/m1/s1. The van der Waals surface area contributed by atoms with E-state index in [2.05, 4.69) is 11.0 Å². The van der Waals surface area contributed by atoms with Gasteiger partial charge in [0.25, 0.3) is 0 Å². The second-order valence-electron chi connectivity index (χ2n) is 11.5. The van der Waals surface area contributed by atoms with Gasteiger partial charge in [-0.2, -0.15) is 4.31 Å². The SMILES string of the molecule is COc1cccc(N2CCN(C(=O)C3CCN(S(=O)(=O)c4ccc5c(c4)C[C@@H](C)N5C(=O)C4CC4)CC3)CC2)c1. The molecular weight excluding hydrogens is 528 g/mol. The third-order valence-corrected chi connectivity index (χ3v) is 10.8. The number of benzene rings is 2. The van der Waals surface area contributed by atoms with Gasteiger partial charge in [0, 0.05) is 74.6 Å². The van der Waals surface area contributed by atoms with Crippen molar-refractivity contribution in [1.82, 2.24) is 9.21 Å². The van der Waals surface area contributed by atoms with E-state index in [0.717, 1.165) is 48.6 Å². The summed E-state index contributed by atoms with van der Waals surface area (Å²) in [7, 11) is -2.01. The average molecular weight is 567 g/mol. The lowest BCUT2D eigenvalue weighted by Crippen LogP contribution is -2.52. The van der Waals surface area contributed by atoms with Crippen molar-refractivity contribution in [2.24, 2.45) is 11.8 Å². The Kier molecular flexibility index (Phi) is 7.25. The molecule has 0 radical (unpaired) electrons. The third kappa shape index (κ3) is 5.07. The lowest BCUT2D eigenvalue weighted by atomic mass is 9.96. The molecule has 1 saturated carbocycles. The summed E-state index contributed by atoms with van der Waals surface area (Å²) in [5.74, 6) is 1.08. The minimum Gasteiger partial charge on any atom is -0.497 e. The summed E-state index contributed by atoms with van der Waals surface area (Å²) in [6.45, 7) is 5.52. The summed E-state index contributed by atoms with van der Waals surface area (Å²) in [4.78, 5) is 32.4. The topological polar surface area (TPSA) is 90.5 Å². The van der Waals surface area contributed by atoms with Crippen LogP contribution in [0.2, 0.25) is 0 Å². The van der Waals surface area contributed by atoms with Gasteiger partial charge < -0.3 is 19.4 Å². The van der Waals surface area contributed by atoms with Crippen LogP contribution in [0.5, 0.6) is 5.75 Å². The summed E-state index contributed by atoms with van der Waals surface area (Å²) in [5, 5.41) is 0. The first-order valence-corrected chi connectivity index (χ1v) is 15.8. The van der Waals surface area contributed by atoms with Crippen molar-refractivity contribution in [3.8, 4) is 5.75 Å². The highest BCUT2D eigenvalue weighted by Gasteiger charge is 2.40. The van der Waals surface area contributed by atoms with Gasteiger partial charge in [-0.05, 0) is 74.9 Å². The molecule has 1 atom stereocenters. The fraction of sp³-hybridized carbons (Fsp3) is 0.533. The van der Waals surface area contributed by atoms with Gasteiger partial charge in [-0.1, -0.05) is 6.07 Å². The Balaban J connectivity index is 1.05. The average Bonchev–Trinajstić information content (AvgIpc) is 3.78. The fourth-order valence-corrected chi connectivity index (χ4v) is 7.89. The van der Waals surface area contributed by atoms with Crippen molar-refractivity contribution >= 4 is 33.2 Å². The molecule has 6 rings (SSSR count). The number of carbonyl (C=O) groups is 2. The van der Waals surface area contributed by atoms with Crippen molar-refractivity contribution in [2.45, 2.75) is 50.0 Å². The predicted octanol–water partition coefficient (Wildman–Crippen LogP) is 3.13. The van der Waals surface area contributed by atoms with E-state index in [9.17, 15) is 18.0 Å². The number of methoxy groups -OCH3 is 1. The first-order chi connectivity index (χ1) is 19.3. The molecule has 2 amide bonds. The van der Waals surface area contributed by atoms with E-state index < -0.39 is 10.0 Å². The van der Waals surface area contributed by atoms with Gasteiger partial charge in [0.1, 0.15) is 5.75 Å². The molecule has 0 spiro atoms. The zero-order valence-electron chi connectivity index (χ0n) is 23.3. The molecule has 2 aromatic rings. The largest absolute Gasteiger partial charge is 0.497 e. The smallest absolute Gasteiger partial charge is 0.243 e. The molecule has 2 saturated heterocycles. The van der Waals surface area contributed by atoms with E-state index in [1.807, 2.05) is 34.9 Å². The summed E-state index contributed by atoms with van der Waals surface area (Å²) < 4.78 is 33.9. The maximum atomic E-state index is 13.5. The Bertz CT molecular complexity index is 1390. The molecule has 3 aliphatic heterocycles. The number of hydrogen-bond donors (Lipinski definition) is 0. The highest BCUT2D eigenvalue weighted by atomic mass is 32.2. The van der Waals surface area contributed by atoms with E-state index in [4.69, 9.17) is 4.74 Å². The quantitative estimate of drug-likeness (QED) is 0.534. The van der Waals surface area contributed by atoms with Crippen LogP contribution in [-0.4, -0.2) is 81.9 Å². The maximum absolute atomic E-state index is 13.5. The molecule has 214 valence electrons. The lowest BCUT2D eigenvalue weighted by molar-refractivity contribution is -0.137. The Morgan fingerprint density at radius 2 is 1.55 bits per heavy atom. The minimum absolute atomic E-state index is 0.0419. The minimum atomic E-state index is -3.67. The van der Waals surface area contributed by atoms with Gasteiger partial charge in [0.05, 0.1) is 12.0 Å². The van der Waals surface area contributed by atoms with Crippen LogP contribution in [0.15, 0.2) is 47.4 Å². The van der Waals surface area contributed by atoms with Crippen LogP contribution in [0, 0.1) is 11.8 Å². The van der Waals surface area contributed by atoms with Gasteiger partial charge in [-0.15, -0.1) is 0 Å². The molecule has 10 heteroatoms. The van der Waals surface area contributed by atoms with Crippen LogP contribution in [-0.2, 0) is 26.0 Å². The highest BCUT2D eigenvalue weighted by molar-refractivity contribution is 7.89. The molecule has 4 aliphatic rings. The second-order valence-corrected chi connectivity index (χ2v) is 13.5. The fourth-order valence-electron chi connectivity index (χ4n) is 6.37. The third-order valence-electron chi connectivity index (χ3n) is 8.88. The van der Waals surface area contributed by atoms with E-state index in [1.54, 1.807) is 25.3 Å². The van der Waals surface area contributed by atoms with Gasteiger partial charge >= 0.3 is 0 Å². The van der Waals surface area contributed by atoms with E-state index in [-0.39, 0.29) is 34.6 Å². The lowest BCUT2D eigenvalue weighted by Gasteiger charge is -2.39. The van der Waals surface area contributed by atoms with Crippen LogP contribution >= 0.6 is 0 Å². The van der Waals surface area contributed by atoms with Gasteiger partial charge in [0.2, 0.25) is 21.8 Å². The first kappa shape index (κ1) is 27.1. The van der Waals surface area contributed by atoms with Crippen LogP contribution in [0.1, 0.15) is 38.2 Å². The van der Waals surface area contributed by atoms with Gasteiger partial charge in [0.15, 0.2) is 0 Å². The normalized spacial score (nSPS) is 22.4. The number of carbonyl (C=O) groups excluding carboxylic acids is 2. The number of hydrogen-bond acceptors (Lipinski definition) is 6. The zero-order valence-corrected chi connectivity index (χ0v) is 24.1. The van der Waals surface area contributed by atoms with Crippen LogP contribution in [0.4, 0.5) is 11.4 Å². The first-order valence-electron chi connectivity index (χ1n) is 14.4. The van der Waals surface area contributed by atoms with Crippen LogP contribution in [0.3, 0.4) is 0 Å². The van der Waals surface area contributed by atoms with Crippen molar-refractivity contribution in [2.75, 3.05) is 56.2 Å². The molecule has 3 heterocycles. The highest BCUT2D eigenvalue weighted by Crippen LogP contribution is 2.40. The molecule has 0 N–H and O–H groups in total. The summed E-state index contributed by atoms with van der Waals surface area (Å²) in [6.07, 6.45) is 3.61. The predicted molar refractivity (Wildman–Crippen MR) is 153 cm³/mol. The molecule has 0 bridgehead atoms. The zero-order chi connectivity index (χ0) is 28.0. The molecule has 9 nitrogen and oxygen atoms in total. The van der Waals surface area contributed by atoms with Crippen molar-refractivity contribution in [1.29, 1.82) is 0 Å². The van der Waals surface area contributed by atoms with Gasteiger partial charge in [-0.3, -0.25) is 9.59 Å². The number of anilines is 2. The molecule has 2 aromatic carbocycles. The van der Waals surface area contributed by atoms with E-state index in [1.165, 1.54) is 4.31 Å². The Hall–Kier alpha value is -3.11. The Morgan fingerprint density at radius 3 is 2.23 bits per heavy atom. The summed E-state index contributed by atoms with van der Waals surface area (Å²) in [5.41, 5.74) is 2.85. The maximum Gasteiger partial charge on any atom is 0.243 e. The molecule has 1 aliphatic carbocycles. The number of piperidine rings is 1. The molecule has 40 heavy (non-hydrogen) atoms. The van der Waals surface area contributed by atoms with Crippen molar-refractivity contribution in [3.63, 3.8) is 0 Å². The number of amides is 2.